The van der Waals surface area contributed by atoms with Crippen LogP contribution in [0.1, 0.15) is 23.6 Å². The third-order valence-corrected chi connectivity index (χ3v) is 7.19. The maximum Gasteiger partial charge on any atom is 0.243 e. The third-order valence-electron chi connectivity index (χ3n) is 5.30. The summed E-state index contributed by atoms with van der Waals surface area (Å²) in [5, 5.41) is 0. The van der Waals surface area contributed by atoms with Crippen molar-refractivity contribution in [1.82, 2.24) is 9.21 Å². The van der Waals surface area contributed by atoms with E-state index >= 15 is 0 Å². The number of nitrogens with zero attached hydrogens (tertiary/aromatic N) is 2. The molecule has 1 aliphatic rings. The molecule has 0 bridgehead atoms. The van der Waals surface area contributed by atoms with Crippen molar-refractivity contribution in [2.24, 2.45) is 0 Å². The number of carbonyl (C=O) groups excluding carboxylic acids is 1. The summed E-state index contributed by atoms with van der Waals surface area (Å²) >= 11 is 0. The van der Waals surface area contributed by atoms with Gasteiger partial charge in [0.1, 0.15) is 5.75 Å². The fourth-order valence-corrected chi connectivity index (χ4v) is 4.87. The zero-order valence-corrected chi connectivity index (χ0v) is 18.0. The summed E-state index contributed by atoms with van der Waals surface area (Å²) in [6.45, 7) is 7.83. The molecule has 0 radical (unpaired) electrons. The fourth-order valence-electron chi connectivity index (χ4n) is 3.36. The molecule has 1 saturated heterocycles. The number of amides is 1. The molecule has 0 atom stereocenters. The predicted octanol–water partition coefficient (Wildman–Crippen LogP) is 2.78. The van der Waals surface area contributed by atoms with Crippen LogP contribution < -0.4 is 4.74 Å². The average molecular weight is 417 g/mol. The molecule has 156 valence electrons. The zero-order chi connectivity index (χ0) is 21.0. The monoisotopic (exact) mass is 416 g/mol. The molecule has 0 aliphatic carbocycles. The first-order valence-corrected chi connectivity index (χ1v) is 11.3. The number of aryl methyl sites for hydroxylation is 2. The standard InChI is InChI=1S/C22H28N2O4S/c1-4-28-20-8-6-19(7-9-20)16-22(25)23-11-13-24(14-12-23)29(26,27)21-10-5-17(2)18(3)15-21/h5-10,15H,4,11-14,16H2,1-3H3. The number of sulfonamides is 1. The van der Waals surface area contributed by atoms with Gasteiger partial charge in [0.2, 0.25) is 15.9 Å². The first-order chi connectivity index (χ1) is 13.8. The minimum absolute atomic E-state index is 0.0115. The number of rotatable bonds is 6. The van der Waals surface area contributed by atoms with Crippen LogP contribution in [-0.2, 0) is 21.2 Å². The van der Waals surface area contributed by atoms with Gasteiger partial charge in [-0.25, -0.2) is 8.42 Å². The average Bonchev–Trinajstić information content (AvgIpc) is 2.71. The Morgan fingerprint density at radius 2 is 1.62 bits per heavy atom. The van der Waals surface area contributed by atoms with Crippen LogP contribution in [0.2, 0.25) is 0 Å². The molecule has 0 aromatic heterocycles. The van der Waals surface area contributed by atoms with Gasteiger partial charge in [0, 0.05) is 26.2 Å². The molecule has 29 heavy (non-hydrogen) atoms. The van der Waals surface area contributed by atoms with Gasteiger partial charge in [-0.3, -0.25) is 4.79 Å². The SMILES string of the molecule is CCOc1ccc(CC(=O)N2CCN(S(=O)(=O)c3ccc(C)c(C)c3)CC2)cc1. The number of piperazine rings is 1. The molecule has 1 fully saturated rings. The highest BCUT2D eigenvalue weighted by molar-refractivity contribution is 7.89. The van der Waals surface area contributed by atoms with Crippen molar-refractivity contribution in [3.8, 4) is 5.75 Å². The Balaban J connectivity index is 1.59. The van der Waals surface area contributed by atoms with Gasteiger partial charge in [0.05, 0.1) is 17.9 Å². The maximum atomic E-state index is 12.9. The summed E-state index contributed by atoms with van der Waals surface area (Å²) in [6.07, 6.45) is 0.302. The Hall–Kier alpha value is -2.38. The lowest BCUT2D eigenvalue weighted by Gasteiger charge is -2.34. The smallest absolute Gasteiger partial charge is 0.243 e. The van der Waals surface area contributed by atoms with Crippen LogP contribution in [0.3, 0.4) is 0 Å². The van der Waals surface area contributed by atoms with E-state index in [0.717, 1.165) is 22.4 Å². The molecule has 6 nitrogen and oxygen atoms in total. The molecule has 7 heteroatoms. The van der Waals surface area contributed by atoms with E-state index in [1.807, 2.05) is 51.1 Å². The van der Waals surface area contributed by atoms with Gasteiger partial charge in [0.15, 0.2) is 0 Å². The lowest BCUT2D eigenvalue weighted by molar-refractivity contribution is -0.131. The highest BCUT2D eigenvalue weighted by atomic mass is 32.2. The Kier molecular flexibility index (Phi) is 6.59. The van der Waals surface area contributed by atoms with Crippen molar-refractivity contribution < 1.29 is 17.9 Å². The van der Waals surface area contributed by atoms with Crippen molar-refractivity contribution >= 4 is 15.9 Å². The zero-order valence-electron chi connectivity index (χ0n) is 17.2. The van der Waals surface area contributed by atoms with E-state index < -0.39 is 10.0 Å². The lowest BCUT2D eigenvalue weighted by Crippen LogP contribution is -2.50. The summed E-state index contributed by atoms with van der Waals surface area (Å²) < 4.78 is 32.7. The number of benzene rings is 2. The molecule has 1 amide bonds. The Labute approximate surface area is 173 Å². The summed E-state index contributed by atoms with van der Waals surface area (Å²) in [5.41, 5.74) is 2.94. The van der Waals surface area contributed by atoms with Gasteiger partial charge in [-0.05, 0) is 61.7 Å². The van der Waals surface area contributed by atoms with Gasteiger partial charge in [-0.2, -0.15) is 4.31 Å². The summed E-state index contributed by atoms with van der Waals surface area (Å²) in [5.74, 6) is 0.797. The predicted molar refractivity (Wildman–Crippen MR) is 113 cm³/mol. The van der Waals surface area contributed by atoms with E-state index in [-0.39, 0.29) is 5.91 Å². The highest BCUT2D eigenvalue weighted by Gasteiger charge is 2.30. The third kappa shape index (κ3) is 4.97. The second-order valence-corrected chi connectivity index (χ2v) is 9.22. The number of ether oxygens (including phenoxy) is 1. The van der Waals surface area contributed by atoms with Crippen LogP contribution in [0.4, 0.5) is 0 Å². The van der Waals surface area contributed by atoms with Crippen molar-refractivity contribution in [1.29, 1.82) is 0 Å². The van der Waals surface area contributed by atoms with Crippen molar-refractivity contribution in [3.05, 3.63) is 59.2 Å². The largest absolute Gasteiger partial charge is 0.494 e. The number of hydrogen-bond donors (Lipinski definition) is 0. The molecule has 0 unspecified atom stereocenters. The second-order valence-electron chi connectivity index (χ2n) is 7.28. The van der Waals surface area contributed by atoms with Crippen LogP contribution in [0, 0.1) is 13.8 Å². The minimum atomic E-state index is -3.54. The van der Waals surface area contributed by atoms with Crippen LogP contribution in [0.15, 0.2) is 47.4 Å². The van der Waals surface area contributed by atoms with E-state index in [2.05, 4.69) is 0 Å². The van der Waals surface area contributed by atoms with Gasteiger partial charge in [-0.1, -0.05) is 18.2 Å². The maximum absolute atomic E-state index is 12.9. The topological polar surface area (TPSA) is 66.9 Å². The highest BCUT2D eigenvalue weighted by Crippen LogP contribution is 2.21. The van der Waals surface area contributed by atoms with Crippen LogP contribution in [0.25, 0.3) is 0 Å². The Morgan fingerprint density at radius 1 is 0.966 bits per heavy atom. The summed E-state index contributed by atoms with van der Waals surface area (Å²) in [7, 11) is -3.54. The summed E-state index contributed by atoms with van der Waals surface area (Å²) in [6, 6.07) is 12.7. The van der Waals surface area contributed by atoms with Crippen molar-refractivity contribution in [2.45, 2.75) is 32.1 Å². The van der Waals surface area contributed by atoms with E-state index in [9.17, 15) is 13.2 Å². The van der Waals surface area contributed by atoms with Gasteiger partial charge < -0.3 is 9.64 Å². The van der Waals surface area contributed by atoms with E-state index in [0.29, 0.717) is 44.1 Å². The first kappa shape index (κ1) is 21.3. The molecule has 2 aromatic carbocycles. The van der Waals surface area contributed by atoms with E-state index in [4.69, 9.17) is 4.74 Å². The molecular weight excluding hydrogens is 388 g/mol. The molecule has 2 aromatic rings. The quantitative estimate of drug-likeness (QED) is 0.726. The van der Waals surface area contributed by atoms with Crippen LogP contribution >= 0.6 is 0 Å². The van der Waals surface area contributed by atoms with Crippen molar-refractivity contribution in [2.75, 3.05) is 32.8 Å². The number of carbonyl (C=O) groups is 1. The van der Waals surface area contributed by atoms with Crippen molar-refractivity contribution in [3.63, 3.8) is 0 Å². The van der Waals surface area contributed by atoms with Crippen LogP contribution in [0.5, 0.6) is 5.75 Å². The van der Waals surface area contributed by atoms with E-state index in [1.54, 1.807) is 17.0 Å². The number of hydrogen-bond acceptors (Lipinski definition) is 4. The second kappa shape index (κ2) is 8.97. The summed E-state index contributed by atoms with van der Waals surface area (Å²) in [4.78, 5) is 14.7. The van der Waals surface area contributed by atoms with Gasteiger partial charge in [-0.15, -0.1) is 0 Å². The Morgan fingerprint density at radius 3 is 2.21 bits per heavy atom. The molecular formula is C22H28N2O4S. The van der Waals surface area contributed by atoms with Gasteiger partial charge >= 0.3 is 0 Å². The van der Waals surface area contributed by atoms with E-state index in [1.165, 1.54) is 4.31 Å². The van der Waals surface area contributed by atoms with Crippen LogP contribution in [-0.4, -0.2) is 56.3 Å². The lowest BCUT2D eigenvalue weighted by atomic mass is 10.1. The fraction of sp³-hybridized carbons (Fsp3) is 0.409. The molecule has 0 N–H and O–H groups in total. The Bertz CT molecular complexity index is 963. The minimum Gasteiger partial charge on any atom is -0.494 e. The molecule has 1 aliphatic heterocycles. The first-order valence-electron chi connectivity index (χ1n) is 9.88. The molecule has 0 spiro atoms. The normalized spacial score (nSPS) is 15.3. The molecule has 0 saturated carbocycles. The molecule has 3 rings (SSSR count). The van der Waals surface area contributed by atoms with Gasteiger partial charge in [0.25, 0.3) is 0 Å². The molecule has 1 heterocycles.